The first-order chi connectivity index (χ1) is 19.6. The van der Waals surface area contributed by atoms with Crippen LogP contribution in [0.4, 0.5) is 0 Å². The Labute approximate surface area is 240 Å². The number of fused-ring (bicyclic) bond motifs is 2. The van der Waals surface area contributed by atoms with E-state index >= 15 is 0 Å². The molecule has 2 N–H and O–H groups in total. The molecule has 12 heteroatoms. The molecule has 0 spiro atoms. The number of hydrogen-bond donors (Lipinski definition) is 2. The van der Waals surface area contributed by atoms with Crippen molar-refractivity contribution in [2.45, 2.75) is 58.9 Å². The Bertz CT molecular complexity index is 1230. The molecule has 1 aromatic heterocycles. The van der Waals surface area contributed by atoms with Crippen molar-refractivity contribution in [3.8, 4) is 11.5 Å². The van der Waals surface area contributed by atoms with Crippen LogP contribution < -0.4 is 20.1 Å². The number of nitrogens with zero attached hydrogens (tertiary/aromatic N) is 3. The minimum absolute atomic E-state index is 0.105. The molecule has 12 nitrogen and oxygen atoms in total. The Morgan fingerprint density at radius 1 is 1.05 bits per heavy atom. The highest BCUT2D eigenvalue weighted by Gasteiger charge is 2.23. The van der Waals surface area contributed by atoms with E-state index < -0.39 is 11.9 Å². The summed E-state index contributed by atoms with van der Waals surface area (Å²) in [5.41, 5.74) is 1.38. The summed E-state index contributed by atoms with van der Waals surface area (Å²) in [6.07, 6.45) is 2.59. The second-order valence-corrected chi connectivity index (χ2v) is 10.2. The van der Waals surface area contributed by atoms with Crippen molar-refractivity contribution in [3.05, 3.63) is 41.1 Å². The molecule has 0 fully saturated rings. The first kappa shape index (κ1) is 31.4. The van der Waals surface area contributed by atoms with Crippen molar-refractivity contribution in [3.63, 3.8) is 0 Å². The molecule has 1 aliphatic heterocycles. The van der Waals surface area contributed by atoms with Crippen molar-refractivity contribution in [2.75, 3.05) is 46.9 Å². The minimum Gasteiger partial charge on any atom is -0.493 e. The van der Waals surface area contributed by atoms with Crippen LogP contribution in [0.5, 0.6) is 11.5 Å². The molecule has 224 valence electrons. The van der Waals surface area contributed by atoms with Crippen LogP contribution in [0.15, 0.2) is 22.6 Å². The maximum Gasteiger partial charge on any atom is 0.291 e. The molecule has 0 saturated heterocycles. The van der Waals surface area contributed by atoms with E-state index in [1.807, 2.05) is 6.07 Å². The lowest BCUT2D eigenvalue weighted by Crippen LogP contribution is -2.47. The Morgan fingerprint density at radius 3 is 2.49 bits per heavy atom. The molecule has 1 aliphatic rings. The van der Waals surface area contributed by atoms with Crippen molar-refractivity contribution in [2.24, 2.45) is 0 Å². The number of likely N-dealkylation sites (N-methyl/N-ethyl adjacent to an activating group) is 1. The van der Waals surface area contributed by atoms with E-state index in [4.69, 9.17) is 13.9 Å². The Balaban J connectivity index is 1.73. The summed E-state index contributed by atoms with van der Waals surface area (Å²) in [5.74, 6) is 0.451. The van der Waals surface area contributed by atoms with Crippen molar-refractivity contribution in [1.29, 1.82) is 0 Å². The fraction of sp³-hybridized carbons (Fsp3) is 0.552. The maximum absolute atomic E-state index is 13.3. The maximum atomic E-state index is 13.3. The molecule has 2 bridgehead atoms. The van der Waals surface area contributed by atoms with Gasteiger partial charge in [0.2, 0.25) is 17.6 Å². The molecule has 2 heterocycles. The van der Waals surface area contributed by atoms with Gasteiger partial charge in [-0.2, -0.15) is 0 Å². The number of aromatic nitrogens is 1. The number of benzene rings is 1. The number of carbonyl (C=O) groups is 4. The predicted octanol–water partition coefficient (Wildman–Crippen LogP) is 2.02. The van der Waals surface area contributed by atoms with E-state index in [-0.39, 0.29) is 36.5 Å². The van der Waals surface area contributed by atoms with E-state index in [1.54, 1.807) is 49.8 Å². The van der Waals surface area contributed by atoms with E-state index in [1.165, 1.54) is 7.11 Å². The smallest absolute Gasteiger partial charge is 0.291 e. The van der Waals surface area contributed by atoms with E-state index in [0.29, 0.717) is 74.9 Å². The van der Waals surface area contributed by atoms with Gasteiger partial charge in [-0.15, -0.1) is 0 Å². The third kappa shape index (κ3) is 9.22. The molecule has 0 radical (unpaired) electrons. The third-order valence-corrected chi connectivity index (χ3v) is 6.84. The van der Waals surface area contributed by atoms with Crippen molar-refractivity contribution >= 4 is 23.6 Å². The molecule has 0 saturated carbocycles. The Hall–Kier alpha value is -4.09. The molecule has 1 atom stereocenters. The monoisotopic (exact) mass is 571 g/mol. The summed E-state index contributed by atoms with van der Waals surface area (Å²) in [7, 11) is 3.19. The van der Waals surface area contributed by atoms with Gasteiger partial charge in [0.15, 0.2) is 24.0 Å². The molecule has 4 amide bonds. The summed E-state index contributed by atoms with van der Waals surface area (Å²) in [5, 5.41) is 5.60. The molecule has 41 heavy (non-hydrogen) atoms. The number of aryl methyl sites for hydroxylation is 3. The summed E-state index contributed by atoms with van der Waals surface area (Å²) in [6.45, 7) is 6.52. The van der Waals surface area contributed by atoms with Crippen LogP contribution in [0.25, 0.3) is 0 Å². The average Bonchev–Trinajstić information content (AvgIpc) is 3.29. The number of ether oxygens (including phenoxy) is 2. The van der Waals surface area contributed by atoms with Gasteiger partial charge in [0.25, 0.3) is 11.8 Å². The van der Waals surface area contributed by atoms with Gasteiger partial charge < -0.3 is 34.3 Å². The summed E-state index contributed by atoms with van der Waals surface area (Å²) in [4.78, 5) is 58.6. The van der Waals surface area contributed by atoms with Crippen LogP contribution >= 0.6 is 0 Å². The molecular weight excluding hydrogens is 530 g/mol. The van der Waals surface area contributed by atoms with Crippen molar-refractivity contribution in [1.82, 2.24) is 25.4 Å². The van der Waals surface area contributed by atoms with Crippen LogP contribution in [0.3, 0.4) is 0 Å². The molecule has 1 aromatic carbocycles. The number of hydrogen-bond acceptors (Lipinski definition) is 8. The quantitative estimate of drug-likeness (QED) is 0.557. The lowest BCUT2D eigenvalue weighted by atomic mass is 10.1. The second-order valence-electron chi connectivity index (χ2n) is 10.2. The van der Waals surface area contributed by atoms with E-state index in [0.717, 1.165) is 5.56 Å². The Kier molecular flexibility index (Phi) is 11.5. The highest BCUT2D eigenvalue weighted by atomic mass is 16.5. The van der Waals surface area contributed by atoms with Gasteiger partial charge in [0, 0.05) is 46.6 Å². The highest BCUT2D eigenvalue weighted by molar-refractivity contribution is 5.92. The number of nitrogens with one attached hydrogen (secondary N) is 2. The fourth-order valence-electron chi connectivity index (χ4n) is 4.60. The number of amides is 4. The lowest BCUT2D eigenvalue weighted by Gasteiger charge is -2.24. The molecule has 0 unspecified atom stereocenters. The molecule has 0 aliphatic carbocycles. The fourth-order valence-corrected chi connectivity index (χ4v) is 4.60. The zero-order valence-corrected chi connectivity index (χ0v) is 24.6. The first-order valence-electron chi connectivity index (χ1n) is 13.9. The summed E-state index contributed by atoms with van der Waals surface area (Å²) >= 11 is 0. The topological polar surface area (TPSA) is 143 Å². The molecule has 2 aromatic rings. The van der Waals surface area contributed by atoms with Gasteiger partial charge in [-0.3, -0.25) is 19.2 Å². The van der Waals surface area contributed by atoms with E-state index in [9.17, 15) is 19.2 Å². The van der Waals surface area contributed by atoms with E-state index in [2.05, 4.69) is 15.6 Å². The predicted molar refractivity (Wildman–Crippen MR) is 151 cm³/mol. The second kappa shape index (κ2) is 15.1. The lowest BCUT2D eigenvalue weighted by molar-refractivity contribution is -0.135. The van der Waals surface area contributed by atoms with Gasteiger partial charge in [-0.1, -0.05) is 6.07 Å². The van der Waals surface area contributed by atoms with Gasteiger partial charge in [-0.25, -0.2) is 4.98 Å². The summed E-state index contributed by atoms with van der Waals surface area (Å²) in [6, 6.07) is 4.56. The number of methoxy groups -OCH3 is 1. The largest absolute Gasteiger partial charge is 0.493 e. The summed E-state index contributed by atoms with van der Waals surface area (Å²) < 4.78 is 16.6. The minimum atomic E-state index is -0.739. The SMILES string of the molecule is COc1ccc2cc1OCC(=O)N[C@@H](C)C(=O)N(C)CCCCN(C(=O)c1oc(C)nc1C)CCCNC(=O)CC2. The zero-order valence-electron chi connectivity index (χ0n) is 24.6. The highest BCUT2D eigenvalue weighted by Crippen LogP contribution is 2.28. The average molecular weight is 572 g/mol. The number of rotatable bonds is 2. The standard InChI is InChI=1S/C29H41N5O7/c1-19-27(41-21(3)31-19)29(38)34-15-7-6-14-33(4)28(37)20(2)32-26(36)18-40-24-17-22(9-11-23(24)39-5)10-12-25(35)30-13-8-16-34/h9,11,17,20H,6-8,10,12-16,18H2,1-5H3,(H,30,35)(H,32,36)/t20-/m0/s1. The normalized spacial score (nSPS) is 18.9. The van der Waals surface area contributed by atoms with Crippen LogP contribution in [0, 0.1) is 13.8 Å². The number of oxazole rings is 1. The van der Waals surface area contributed by atoms with Crippen LogP contribution in [0.2, 0.25) is 0 Å². The van der Waals surface area contributed by atoms with Crippen LogP contribution in [-0.4, -0.2) is 91.4 Å². The first-order valence-corrected chi connectivity index (χ1v) is 13.9. The zero-order chi connectivity index (χ0) is 29.9. The van der Waals surface area contributed by atoms with Gasteiger partial charge in [0.05, 0.1) is 12.8 Å². The Morgan fingerprint density at radius 2 is 1.78 bits per heavy atom. The molecular formula is C29H41N5O7. The van der Waals surface area contributed by atoms with Crippen LogP contribution in [0.1, 0.15) is 60.3 Å². The van der Waals surface area contributed by atoms with Crippen molar-refractivity contribution < 1.29 is 33.1 Å². The van der Waals surface area contributed by atoms with Gasteiger partial charge in [-0.05, 0) is 57.2 Å². The number of carbonyl (C=O) groups excluding carboxylic acids is 4. The van der Waals surface area contributed by atoms with Gasteiger partial charge in [0.1, 0.15) is 6.04 Å². The van der Waals surface area contributed by atoms with Gasteiger partial charge >= 0.3 is 0 Å². The molecule has 3 rings (SSSR count). The third-order valence-electron chi connectivity index (χ3n) is 6.84. The van der Waals surface area contributed by atoms with Crippen LogP contribution in [-0.2, 0) is 20.8 Å².